The summed E-state index contributed by atoms with van der Waals surface area (Å²) in [6.07, 6.45) is -14.5. The third kappa shape index (κ3) is 18.8. The van der Waals surface area contributed by atoms with Crippen LogP contribution in [0.4, 0.5) is 0 Å². The Morgan fingerprint density at radius 3 is 1.09 bits per heavy atom. The van der Waals surface area contributed by atoms with Crippen LogP contribution in [-0.2, 0) is 47.3 Å². The van der Waals surface area contributed by atoms with Gasteiger partial charge in [0.15, 0.2) is 25.2 Å². The summed E-state index contributed by atoms with van der Waals surface area (Å²) in [6, 6.07) is 0. The van der Waals surface area contributed by atoms with E-state index in [0.29, 0.717) is 18.3 Å². The molecule has 362 valence electrons. The van der Waals surface area contributed by atoms with Crippen LogP contribution in [-0.4, -0.2) is 167 Å². The largest absolute Gasteiger partial charge is 0.424 e. The van der Waals surface area contributed by atoms with E-state index in [4.69, 9.17) is 47.3 Å². The van der Waals surface area contributed by atoms with Gasteiger partial charge in [-0.15, -0.1) is 9.12 Å². The molecule has 6 radical (unpaired) electrons. The SMILES string of the molecule is CCC1O[C@@H](C)C(C)[C@@H](C)[C@H]1O[C@H]1O[C@H](CC)[C@@H](O[C@H]2O[C@H](CC)[C@@H](O[C@@H]3OC(CO)[C@H](O[C@@H]4OC(CO)[C@H](OB(C)P)[C@H](O)C4O)[C@H](O)C3O)C(C)C2C)C(C)C1C.[Ac].[Ac].[Ac].[Ac].[Ac].[Ac]. The van der Waals surface area contributed by atoms with Crippen molar-refractivity contribution in [2.75, 3.05) is 13.2 Å². The molecule has 0 saturated carbocycles. The number of aliphatic hydroxyl groups is 6. The molecule has 5 saturated heterocycles. The summed E-state index contributed by atoms with van der Waals surface area (Å²) in [7, 11) is 2.40. The van der Waals surface area contributed by atoms with E-state index in [9.17, 15) is 30.6 Å². The summed E-state index contributed by atoms with van der Waals surface area (Å²) in [5.74, 6) is 0.458. The molecule has 16 nitrogen and oxygen atoms in total. The smallest absolute Gasteiger partial charge is 0.312 e. The Balaban J connectivity index is 0. The standard InChI is InChI=1S/C41H76BO16P.6Ac/c1-12-24-33(18(5)17(4)23(10)49-24)54-38-21(8)19(6)34(25(13-2)50-38)55-39-22(9)20(7)35(26(14-3)51-39)56-40-31(47)29(45)36(27(15-43)52-40)57-41-32(48)30(46)37(58-42(11)59)28(16-44)53-41;;;;;;/h17-41,43-48H,12-16,59H2,1-11H3;;;;;;/t17?,18-,19?,20?,21?,22?,23+,24?,25-,26-,27?,28?,29-,30-,31?,32?,33-,34+,35+,36+,37+,38-,39-,40+,41+;;;;;;/m1....../s1. The van der Waals surface area contributed by atoms with Gasteiger partial charge in [0.05, 0.1) is 62.0 Å². The summed E-state index contributed by atoms with van der Waals surface area (Å²) in [5.41, 5.74) is 0. The normalized spacial score (nSPS) is 46.3. The monoisotopic (exact) mass is 2230 g/mol. The van der Waals surface area contributed by atoms with Crippen LogP contribution in [0.25, 0.3) is 0 Å². The molecule has 0 aliphatic carbocycles. The van der Waals surface area contributed by atoms with Gasteiger partial charge in [0.25, 0.3) is 0 Å². The molecule has 11 unspecified atom stereocenters. The third-order valence-electron chi connectivity index (χ3n) is 14.1. The second-order valence-corrected chi connectivity index (χ2v) is 18.9. The number of hydrogen-bond donors (Lipinski definition) is 6. The van der Waals surface area contributed by atoms with Gasteiger partial charge in [0.1, 0.15) is 42.7 Å². The fourth-order valence-electron chi connectivity index (χ4n) is 9.53. The van der Waals surface area contributed by atoms with Crippen molar-refractivity contribution in [1.29, 1.82) is 0 Å². The van der Waals surface area contributed by atoms with Gasteiger partial charge in [-0.2, -0.15) is 0 Å². The van der Waals surface area contributed by atoms with Crippen LogP contribution in [0.5, 0.6) is 0 Å². The predicted molar refractivity (Wildman–Crippen MR) is 219 cm³/mol. The quantitative estimate of drug-likeness (QED) is 0.102. The van der Waals surface area contributed by atoms with Gasteiger partial charge in [-0.1, -0.05) is 69.1 Å². The molecule has 5 rings (SSSR count). The number of rotatable bonds is 15. The van der Waals surface area contributed by atoms with Crippen LogP contribution >= 0.6 is 9.12 Å². The summed E-state index contributed by atoms with van der Waals surface area (Å²) in [4.78, 5) is 0. The van der Waals surface area contributed by atoms with Gasteiger partial charge in [0, 0.05) is 276 Å². The van der Waals surface area contributed by atoms with Crippen molar-refractivity contribution in [1.82, 2.24) is 0 Å². The molecule has 0 aromatic carbocycles. The zero-order valence-electron chi connectivity index (χ0n) is 40.4. The van der Waals surface area contributed by atoms with Gasteiger partial charge in [0.2, 0.25) is 0 Å². The number of hydrogen-bond acceptors (Lipinski definition) is 16. The topological polar surface area (TPSA) is 214 Å². The Morgan fingerprint density at radius 1 is 0.415 bits per heavy atom. The first-order valence-corrected chi connectivity index (χ1v) is 22.8. The van der Waals surface area contributed by atoms with Crippen molar-refractivity contribution in [3.63, 3.8) is 0 Å². The summed E-state index contributed by atoms with van der Waals surface area (Å²) in [6.45, 7) is 21.3. The Labute approximate surface area is 606 Å². The molecule has 0 amide bonds. The Morgan fingerprint density at radius 2 is 0.723 bits per heavy atom. The average molecular weight is 2230 g/mol. The Hall–Kier alpha value is 8.50. The van der Waals surface area contributed by atoms with E-state index in [0.717, 1.165) is 12.8 Å². The molecule has 26 atom stereocenters. The van der Waals surface area contributed by atoms with Gasteiger partial charge >= 0.3 is 6.64 Å². The minimum atomic E-state index is -1.66. The van der Waals surface area contributed by atoms with Crippen molar-refractivity contribution >= 4 is 15.8 Å². The summed E-state index contributed by atoms with van der Waals surface area (Å²) >= 11 is 0. The van der Waals surface area contributed by atoms with Crippen molar-refractivity contribution in [3.05, 3.63) is 0 Å². The molecule has 0 spiro atoms. The van der Waals surface area contributed by atoms with Gasteiger partial charge in [-0.3, -0.25) is 0 Å². The maximum atomic E-state index is 11.3. The van der Waals surface area contributed by atoms with Gasteiger partial charge < -0.3 is 77.9 Å². The van der Waals surface area contributed by atoms with Crippen molar-refractivity contribution in [3.8, 4) is 0 Å². The molecule has 5 aliphatic rings. The molecule has 24 heteroatoms. The van der Waals surface area contributed by atoms with E-state index in [1.807, 2.05) is 20.8 Å². The Bertz CT molecular complexity index is 1300. The van der Waals surface area contributed by atoms with Crippen LogP contribution in [0.1, 0.15) is 88.5 Å². The van der Waals surface area contributed by atoms with Gasteiger partial charge in [-0.25, -0.2) is 0 Å². The second kappa shape index (κ2) is 36.0. The molecule has 0 aromatic heterocycles. The minimum absolute atomic E-state index is 0. The molecular weight excluding hydrogens is 2150 g/mol. The number of aliphatic hydroxyl groups excluding tert-OH is 6. The molecule has 6 N–H and O–H groups in total. The van der Waals surface area contributed by atoms with E-state index < -0.39 is 106 Å². The van der Waals surface area contributed by atoms with Crippen LogP contribution < -0.4 is 0 Å². The zero-order chi connectivity index (χ0) is 43.6. The van der Waals surface area contributed by atoms with Crippen LogP contribution in [0.2, 0.25) is 6.82 Å². The van der Waals surface area contributed by atoms with Crippen molar-refractivity contribution < 1.29 is 342 Å². The minimum Gasteiger partial charge on any atom is -0.424 e. The van der Waals surface area contributed by atoms with Crippen LogP contribution in [0.15, 0.2) is 0 Å². The molecule has 0 aromatic rings. The fourth-order valence-corrected chi connectivity index (χ4v) is 9.71. The fraction of sp³-hybridized carbons (Fsp3) is 1.00. The summed E-state index contributed by atoms with van der Waals surface area (Å²) in [5, 5.41) is 64.7. The second-order valence-electron chi connectivity index (χ2n) is 18.0. The molecular formula is C41H76Ac6BO16P. The molecule has 65 heavy (non-hydrogen) atoms. The van der Waals surface area contributed by atoms with E-state index in [2.05, 4.69) is 57.6 Å². The van der Waals surface area contributed by atoms with Gasteiger partial charge in [-0.05, 0) is 49.9 Å². The molecule has 0 bridgehead atoms. The van der Waals surface area contributed by atoms with Crippen LogP contribution in [0.3, 0.4) is 0 Å². The average Bonchev–Trinajstić information content (AvgIpc) is 3.21. The number of ether oxygens (including phenoxy) is 9. The summed E-state index contributed by atoms with van der Waals surface area (Å²) < 4.78 is 63.2. The predicted octanol–water partition coefficient (Wildman–Crippen LogP) is 2.07. The van der Waals surface area contributed by atoms with Crippen molar-refractivity contribution in [2.24, 2.45) is 35.5 Å². The molecule has 5 heterocycles. The van der Waals surface area contributed by atoms with E-state index in [-0.39, 0.29) is 319 Å². The first-order valence-electron chi connectivity index (χ1n) is 22.2. The Kier molecular flexibility index (Phi) is 41.8. The van der Waals surface area contributed by atoms with E-state index in [1.54, 1.807) is 6.82 Å². The zero-order valence-corrected chi connectivity index (χ0v) is 70.0. The maximum absolute atomic E-state index is 11.3. The first kappa shape index (κ1) is 75.6. The first-order chi connectivity index (χ1) is 27.9. The van der Waals surface area contributed by atoms with Crippen molar-refractivity contribution in [2.45, 2.75) is 212 Å². The third-order valence-corrected chi connectivity index (χ3v) is 14.3. The maximum Gasteiger partial charge on any atom is 0.312 e. The molecule has 5 fully saturated rings. The van der Waals surface area contributed by atoms with E-state index >= 15 is 0 Å². The van der Waals surface area contributed by atoms with Crippen LogP contribution in [0, 0.1) is 300 Å². The van der Waals surface area contributed by atoms with E-state index in [1.165, 1.54) is 0 Å². The molecule has 5 aliphatic heterocycles.